The molecule has 1 N–H and O–H groups in total. The molecule has 0 saturated carbocycles. The third-order valence-corrected chi connectivity index (χ3v) is 4.55. The molecule has 0 spiro atoms. The first kappa shape index (κ1) is 18.8. The number of nitrogens with one attached hydrogen (secondary N) is 1. The maximum atomic E-state index is 13.2. The summed E-state index contributed by atoms with van der Waals surface area (Å²) in [6.07, 6.45) is 0. The second-order valence-electron chi connectivity index (χ2n) is 6.28. The van der Waals surface area contributed by atoms with E-state index >= 15 is 0 Å². The van der Waals surface area contributed by atoms with E-state index < -0.39 is 17.8 Å². The summed E-state index contributed by atoms with van der Waals surface area (Å²) in [4.78, 5) is 12.7. The third kappa shape index (κ3) is 4.33. The molecule has 3 aromatic carbocycles. The monoisotopic (exact) mass is 407 g/mol. The van der Waals surface area contributed by atoms with Crippen LogP contribution in [0.15, 0.2) is 83.3 Å². The van der Waals surface area contributed by atoms with Crippen LogP contribution < -0.4 is 5.32 Å². The lowest BCUT2D eigenvalue weighted by molar-refractivity contribution is 0.0938. The first-order chi connectivity index (χ1) is 14.1. The lowest BCUT2D eigenvalue weighted by atomic mass is 10.1. The number of hydrogen-bond donors (Lipinski definition) is 1. The average molecular weight is 408 g/mol. The molecule has 1 atom stereocenters. The van der Waals surface area contributed by atoms with Crippen molar-refractivity contribution >= 4 is 17.5 Å². The molecule has 4 rings (SSSR count). The molecule has 1 amide bonds. The summed E-state index contributed by atoms with van der Waals surface area (Å²) in [7, 11) is 0. The molecule has 1 heterocycles. The Morgan fingerprint density at radius 1 is 0.931 bits per heavy atom. The fourth-order valence-electron chi connectivity index (χ4n) is 2.81. The Bertz CT molecular complexity index is 1110. The largest absolute Gasteiger partial charge is 0.418 e. The van der Waals surface area contributed by atoms with Crippen LogP contribution in [0, 0.1) is 5.82 Å². The van der Waals surface area contributed by atoms with Crippen molar-refractivity contribution in [1.82, 2.24) is 15.5 Å². The van der Waals surface area contributed by atoms with Gasteiger partial charge >= 0.3 is 0 Å². The second-order valence-corrected chi connectivity index (χ2v) is 6.71. The van der Waals surface area contributed by atoms with Crippen molar-refractivity contribution in [3.63, 3.8) is 0 Å². The van der Waals surface area contributed by atoms with Crippen molar-refractivity contribution in [2.75, 3.05) is 0 Å². The van der Waals surface area contributed by atoms with E-state index in [2.05, 4.69) is 15.5 Å². The van der Waals surface area contributed by atoms with Crippen LogP contribution in [0.5, 0.6) is 0 Å². The number of halogens is 2. The number of aromatic nitrogens is 2. The van der Waals surface area contributed by atoms with Crippen molar-refractivity contribution in [1.29, 1.82) is 0 Å². The summed E-state index contributed by atoms with van der Waals surface area (Å²) in [5.41, 5.74) is 1.80. The van der Waals surface area contributed by atoms with Gasteiger partial charge in [-0.25, -0.2) is 4.39 Å². The molecular weight excluding hydrogens is 393 g/mol. The smallest absolute Gasteiger partial charge is 0.252 e. The number of hydrogen-bond acceptors (Lipinski definition) is 4. The first-order valence-corrected chi connectivity index (χ1v) is 9.18. The van der Waals surface area contributed by atoms with Crippen LogP contribution in [0.3, 0.4) is 0 Å². The standard InChI is InChI=1S/C22H15ClFN3O2/c23-17-10-6-14(7-11-17)19(25-20(28)15-8-12-18(24)13-9-15)22-27-26-21(29-22)16-4-2-1-3-5-16/h1-13,19H,(H,25,28)/t19-/m0/s1. The predicted molar refractivity (Wildman–Crippen MR) is 107 cm³/mol. The first-order valence-electron chi connectivity index (χ1n) is 8.81. The molecule has 0 saturated heterocycles. The molecule has 7 heteroatoms. The van der Waals surface area contributed by atoms with Crippen LogP contribution in [0.25, 0.3) is 11.5 Å². The minimum absolute atomic E-state index is 0.224. The molecule has 144 valence electrons. The minimum Gasteiger partial charge on any atom is -0.418 e. The molecular formula is C22H15ClFN3O2. The van der Waals surface area contributed by atoms with Gasteiger partial charge in [0.2, 0.25) is 11.8 Å². The van der Waals surface area contributed by atoms with E-state index in [0.717, 1.165) is 5.56 Å². The summed E-state index contributed by atoms with van der Waals surface area (Å²) < 4.78 is 19.0. The van der Waals surface area contributed by atoms with Crippen LogP contribution in [0.2, 0.25) is 5.02 Å². The van der Waals surface area contributed by atoms with Crippen molar-refractivity contribution in [2.24, 2.45) is 0 Å². The third-order valence-electron chi connectivity index (χ3n) is 4.29. The molecule has 0 fully saturated rings. The normalized spacial score (nSPS) is 11.8. The molecule has 1 aromatic heterocycles. The maximum absolute atomic E-state index is 13.2. The number of rotatable bonds is 5. The highest BCUT2D eigenvalue weighted by Gasteiger charge is 2.24. The summed E-state index contributed by atoms with van der Waals surface area (Å²) in [6.45, 7) is 0. The van der Waals surface area contributed by atoms with Gasteiger partial charge < -0.3 is 9.73 Å². The van der Waals surface area contributed by atoms with Crippen LogP contribution in [0.1, 0.15) is 27.9 Å². The fourth-order valence-corrected chi connectivity index (χ4v) is 2.93. The molecule has 4 aromatic rings. The van der Waals surface area contributed by atoms with E-state index in [1.165, 1.54) is 24.3 Å². The van der Waals surface area contributed by atoms with Gasteiger partial charge in [0.25, 0.3) is 5.91 Å². The zero-order chi connectivity index (χ0) is 20.2. The lowest BCUT2D eigenvalue weighted by Gasteiger charge is -2.16. The van der Waals surface area contributed by atoms with Crippen LogP contribution in [0.4, 0.5) is 4.39 Å². The fraction of sp³-hybridized carbons (Fsp3) is 0.0455. The van der Waals surface area contributed by atoms with Crippen LogP contribution >= 0.6 is 11.6 Å². The molecule has 5 nitrogen and oxygen atoms in total. The van der Waals surface area contributed by atoms with Crippen LogP contribution in [-0.2, 0) is 0 Å². The number of carbonyl (C=O) groups excluding carboxylic acids is 1. The maximum Gasteiger partial charge on any atom is 0.252 e. The lowest BCUT2D eigenvalue weighted by Crippen LogP contribution is -2.29. The van der Waals surface area contributed by atoms with E-state index in [-0.39, 0.29) is 5.89 Å². The van der Waals surface area contributed by atoms with Gasteiger partial charge in [0.05, 0.1) is 0 Å². The van der Waals surface area contributed by atoms with Gasteiger partial charge in [0.15, 0.2) is 0 Å². The van der Waals surface area contributed by atoms with Gasteiger partial charge in [-0.1, -0.05) is 41.9 Å². The minimum atomic E-state index is -0.699. The Hall–Kier alpha value is -3.51. The van der Waals surface area contributed by atoms with Gasteiger partial charge in [-0.3, -0.25) is 4.79 Å². The Morgan fingerprint density at radius 3 is 2.31 bits per heavy atom. The van der Waals surface area contributed by atoms with E-state index in [1.807, 2.05) is 30.3 Å². The van der Waals surface area contributed by atoms with E-state index in [1.54, 1.807) is 24.3 Å². The molecule has 0 bridgehead atoms. The average Bonchev–Trinajstić information content (AvgIpc) is 3.24. The zero-order valence-corrected chi connectivity index (χ0v) is 15.8. The Morgan fingerprint density at radius 2 is 1.62 bits per heavy atom. The highest BCUT2D eigenvalue weighted by Crippen LogP contribution is 2.26. The van der Waals surface area contributed by atoms with Gasteiger partial charge in [0, 0.05) is 16.1 Å². The highest BCUT2D eigenvalue weighted by atomic mass is 35.5. The summed E-state index contributed by atoms with van der Waals surface area (Å²) >= 11 is 5.99. The number of nitrogens with zero attached hydrogens (tertiary/aromatic N) is 2. The molecule has 0 unspecified atom stereocenters. The van der Waals surface area contributed by atoms with E-state index in [4.69, 9.17) is 16.0 Å². The zero-order valence-electron chi connectivity index (χ0n) is 15.0. The molecule has 0 aliphatic heterocycles. The summed E-state index contributed by atoms with van der Waals surface area (Å²) in [6, 6.07) is 20.9. The molecule has 0 aliphatic rings. The quantitative estimate of drug-likeness (QED) is 0.502. The molecule has 29 heavy (non-hydrogen) atoms. The molecule has 0 radical (unpaired) electrons. The van der Waals surface area contributed by atoms with Crippen molar-refractivity contribution in [2.45, 2.75) is 6.04 Å². The summed E-state index contributed by atoms with van der Waals surface area (Å²) in [5, 5.41) is 11.7. The number of amides is 1. The Balaban J connectivity index is 1.67. The van der Waals surface area contributed by atoms with Gasteiger partial charge in [-0.05, 0) is 54.1 Å². The summed E-state index contributed by atoms with van der Waals surface area (Å²) in [5.74, 6) is -0.248. The molecule has 0 aliphatic carbocycles. The van der Waals surface area contributed by atoms with Gasteiger partial charge in [-0.2, -0.15) is 0 Å². The van der Waals surface area contributed by atoms with Crippen molar-refractivity contribution < 1.29 is 13.6 Å². The van der Waals surface area contributed by atoms with Crippen molar-refractivity contribution in [3.05, 3.63) is 107 Å². The SMILES string of the molecule is O=C(N[C@@H](c1ccc(Cl)cc1)c1nnc(-c2ccccc2)o1)c1ccc(F)cc1. The van der Waals surface area contributed by atoms with E-state index in [0.29, 0.717) is 22.0 Å². The topological polar surface area (TPSA) is 68.0 Å². The van der Waals surface area contributed by atoms with Gasteiger partial charge in [-0.15, -0.1) is 10.2 Å². The Labute approximate surface area is 171 Å². The van der Waals surface area contributed by atoms with Crippen molar-refractivity contribution in [3.8, 4) is 11.5 Å². The van der Waals surface area contributed by atoms with Gasteiger partial charge in [0.1, 0.15) is 11.9 Å². The Kier molecular flexibility index (Phi) is 5.35. The number of benzene rings is 3. The van der Waals surface area contributed by atoms with E-state index in [9.17, 15) is 9.18 Å². The second kappa shape index (κ2) is 8.24. The van der Waals surface area contributed by atoms with Crippen LogP contribution in [-0.4, -0.2) is 16.1 Å². The predicted octanol–water partition coefficient (Wildman–Crippen LogP) is 5.05. The highest BCUT2D eigenvalue weighted by molar-refractivity contribution is 6.30. The number of carbonyl (C=O) groups is 1.